The molecule has 0 unspecified atom stereocenters. The fourth-order valence-corrected chi connectivity index (χ4v) is 5.48. The van der Waals surface area contributed by atoms with Crippen LogP contribution < -0.4 is 10.6 Å². The molecule has 1 aliphatic carbocycles. The van der Waals surface area contributed by atoms with E-state index in [1.54, 1.807) is 21.5 Å². The molecule has 8 nitrogen and oxygen atoms in total. The van der Waals surface area contributed by atoms with Gasteiger partial charge >= 0.3 is 5.69 Å². The van der Waals surface area contributed by atoms with Crippen molar-refractivity contribution in [2.24, 2.45) is 7.05 Å². The molecule has 1 saturated carbocycles. The van der Waals surface area contributed by atoms with Crippen molar-refractivity contribution >= 4 is 28.0 Å². The summed E-state index contributed by atoms with van der Waals surface area (Å²) in [6.45, 7) is 1.79. The maximum absolute atomic E-state index is 14.1. The molecular weight excluding hydrogens is 421 g/mol. The summed E-state index contributed by atoms with van der Waals surface area (Å²) in [5, 5.41) is 0. The van der Waals surface area contributed by atoms with E-state index in [1.807, 2.05) is 11.6 Å². The highest BCUT2D eigenvalue weighted by Crippen LogP contribution is 2.33. The Morgan fingerprint density at radius 3 is 2.55 bits per heavy atom. The summed E-state index contributed by atoms with van der Waals surface area (Å²) in [4.78, 5) is 30.0. The Morgan fingerprint density at radius 1 is 1.00 bits per heavy atom. The van der Waals surface area contributed by atoms with Gasteiger partial charge in [-0.05, 0) is 44.2 Å². The normalized spacial score (nSPS) is 17.9. The van der Waals surface area contributed by atoms with Crippen LogP contribution in [0.5, 0.6) is 0 Å². The van der Waals surface area contributed by atoms with Gasteiger partial charge in [0, 0.05) is 32.2 Å². The molecule has 1 aromatic carbocycles. The van der Waals surface area contributed by atoms with Crippen LogP contribution in [0.4, 0.5) is 10.2 Å². The minimum Gasteiger partial charge on any atom is -0.355 e. The average molecular weight is 450 g/mol. The molecular formula is C24H28FN7O. The third-order valence-corrected chi connectivity index (χ3v) is 7.21. The Kier molecular flexibility index (Phi) is 4.92. The molecule has 6 rings (SSSR count). The van der Waals surface area contributed by atoms with Crippen LogP contribution in [0.2, 0.25) is 0 Å². The lowest BCUT2D eigenvalue weighted by molar-refractivity contribution is 0.350. The van der Waals surface area contributed by atoms with Crippen molar-refractivity contribution in [3.8, 4) is 5.95 Å². The number of aryl methyl sites for hydroxylation is 1. The first-order valence-electron chi connectivity index (χ1n) is 12.0. The zero-order valence-electron chi connectivity index (χ0n) is 18.9. The highest BCUT2D eigenvalue weighted by Gasteiger charge is 2.28. The molecule has 2 aliphatic rings. The third-order valence-electron chi connectivity index (χ3n) is 7.21. The van der Waals surface area contributed by atoms with Gasteiger partial charge < -0.3 is 4.90 Å². The topological polar surface area (TPSA) is 73.8 Å². The van der Waals surface area contributed by atoms with Crippen LogP contribution in [-0.4, -0.2) is 41.7 Å². The number of hydrogen-bond donors (Lipinski definition) is 0. The number of benzene rings is 1. The van der Waals surface area contributed by atoms with Crippen LogP contribution >= 0.6 is 0 Å². The number of rotatable bonds is 3. The Balaban J connectivity index is 1.63. The number of fused-ring (bicyclic) bond motifs is 2. The van der Waals surface area contributed by atoms with Crippen LogP contribution in [0.15, 0.2) is 29.3 Å². The summed E-state index contributed by atoms with van der Waals surface area (Å²) in [5.41, 5.74) is 2.70. The number of hydrogen-bond acceptors (Lipinski definition) is 5. The van der Waals surface area contributed by atoms with Gasteiger partial charge in [0.05, 0.1) is 11.0 Å². The lowest BCUT2D eigenvalue weighted by atomic mass is 9.95. The smallest absolute Gasteiger partial charge is 0.330 e. The number of imidazole rings is 2. The predicted molar refractivity (Wildman–Crippen MR) is 126 cm³/mol. The van der Waals surface area contributed by atoms with Gasteiger partial charge in [0.15, 0.2) is 11.5 Å². The van der Waals surface area contributed by atoms with E-state index in [-0.39, 0.29) is 17.5 Å². The Morgan fingerprint density at radius 2 is 1.76 bits per heavy atom. The maximum Gasteiger partial charge on any atom is 0.330 e. The number of piperidine rings is 1. The molecule has 4 aromatic rings. The molecule has 1 aliphatic heterocycles. The second kappa shape index (κ2) is 7.97. The zero-order valence-corrected chi connectivity index (χ0v) is 18.9. The van der Waals surface area contributed by atoms with Crippen molar-refractivity contribution in [3.05, 3.63) is 40.8 Å². The van der Waals surface area contributed by atoms with Gasteiger partial charge in [-0.15, -0.1) is 0 Å². The monoisotopic (exact) mass is 449 g/mol. The van der Waals surface area contributed by atoms with Crippen LogP contribution in [0.3, 0.4) is 0 Å². The lowest BCUT2D eigenvalue weighted by Crippen LogP contribution is -2.31. The Bertz CT molecular complexity index is 1390. The van der Waals surface area contributed by atoms with E-state index in [4.69, 9.17) is 9.97 Å². The van der Waals surface area contributed by atoms with Crippen molar-refractivity contribution in [3.63, 3.8) is 0 Å². The van der Waals surface area contributed by atoms with Crippen LogP contribution in [0.25, 0.3) is 28.1 Å². The van der Waals surface area contributed by atoms with E-state index in [1.165, 1.54) is 25.0 Å². The Labute approximate surface area is 190 Å². The first kappa shape index (κ1) is 20.4. The first-order valence-corrected chi connectivity index (χ1v) is 12.0. The molecule has 0 atom stereocenters. The second-order valence-electron chi connectivity index (χ2n) is 9.32. The van der Waals surface area contributed by atoms with E-state index in [0.717, 1.165) is 62.9 Å². The van der Waals surface area contributed by atoms with E-state index in [0.29, 0.717) is 22.6 Å². The largest absolute Gasteiger partial charge is 0.355 e. The van der Waals surface area contributed by atoms with Crippen LogP contribution in [0.1, 0.15) is 57.4 Å². The van der Waals surface area contributed by atoms with Gasteiger partial charge in [0.1, 0.15) is 17.7 Å². The summed E-state index contributed by atoms with van der Waals surface area (Å²) in [6.07, 6.45) is 10.4. The fourth-order valence-electron chi connectivity index (χ4n) is 5.48. The van der Waals surface area contributed by atoms with Gasteiger partial charge in [-0.3, -0.25) is 13.7 Å². The molecule has 0 bridgehead atoms. The van der Waals surface area contributed by atoms with Gasteiger partial charge in [-0.1, -0.05) is 19.3 Å². The summed E-state index contributed by atoms with van der Waals surface area (Å²) in [5.74, 6) is 0.869. The van der Waals surface area contributed by atoms with Crippen molar-refractivity contribution in [2.75, 3.05) is 18.0 Å². The van der Waals surface area contributed by atoms with Gasteiger partial charge in [-0.2, -0.15) is 9.97 Å². The number of anilines is 1. The van der Waals surface area contributed by atoms with Gasteiger partial charge in [-0.25, -0.2) is 14.2 Å². The lowest BCUT2D eigenvalue weighted by Gasteiger charge is -2.28. The summed E-state index contributed by atoms with van der Waals surface area (Å²) < 4.78 is 19.4. The van der Waals surface area contributed by atoms with E-state index in [9.17, 15) is 9.18 Å². The maximum atomic E-state index is 14.1. The minimum atomic E-state index is -0.333. The van der Waals surface area contributed by atoms with Crippen molar-refractivity contribution < 1.29 is 4.39 Å². The fraction of sp³-hybridized carbons (Fsp3) is 0.500. The quantitative estimate of drug-likeness (QED) is 0.471. The van der Waals surface area contributed by atoms with Crippen molar-refractivity contribution in [1.29, 1.82) is 0 Å². The van der Waals surface area contributed by atoms with Crippen LogP contribution in [0, 0.1) is 5.82 Å². The zero-order chi connectivity index (χ0) is 22.5. The Hall–Kier alpha value is -3.23. The molecule has 0 N–H and O–H groups in total. The molecule has 172 valence electrons. The molecule has 3 aromatic heterocycles. The predicted octanol–water partition coefficient (Wildman–Crippen LogP) is 4.10. The molecule has 0 spiro atoms. The number of nitrogens with zero attached hydrogens (tertiary/aromatic N) is 7. The molecule has 0 amide bonds. The molecule has 33 heavy (non-hydrogen) atoms. The number of aromatic nitrogens is 6. The molecule has 2 fully saturated rings. The molecule has 0 radical (unpaired) electrons. The van der Waals surface area contributed by atoms with Gasteiger partial charge in [0.2, 0.25) is 5.95 Å². The van der Waals surface area contributed by atoms with Crippen LogP contribution in [-0.2, 0) is 7.05 Å². The summed E-state index contributed by atoms with van der Waals surface area (Å²) in [6, 6.07) is 4.66. The molecule has 1 saturated heterocycles. The third kappa shape index (κ3) is 3.32. The van der Waals surface area contributed by atoms with Gasteiger partial charge in [0.25, 0.3) is 0 Å². The first-order chi connectivity index (χ1) is 16.1. The molecule has 9 heteroatoms. The standard InChI is InChI=1S/C24H28FN7O/c1-29-20-21(30-12-6-3-7-13-30)27-23(31-15-26-18-11-10-16(25)14-19(18)31)28-22(20)32(24(29)33)17-8-4-2-5-9-17/h10-11,14-15,17H,2-9,12-13H2,1H3. The highest BCUT2D eigenvalue weighted by atomic mass is 19.1. The van der Waals surface area contributed by atoms with E-state index in [2.05, 4.69) is 9.88 Å². The second-order valence-corrected chi connectivity index (χ2v) is 9.32. The van der Waals surface area contributed by atoms with Crippen molar-refractivity contribution in [1.82, 2.24) is 28.7 Å². The number of halogens is 1. The SMILES string of the molecule is Cn1c(=O)n(C2CCCCC2)c2nc(-n3cnc4ccc(F)cc43)nc(N3CCCCC3)c21. The summed E-state index contributed by atoms with van der Waals surface area (Å²) >= 11 is 0. The summed E-state index contributed by atoms with van der Waals surface area (Å²) in [7, 11) is 1.82. The van der Waals surface area contributed by atoms with E-state index >= 15 is 0 Å². The van der Waals surface area contributed by atoms with E-state index < -0.39 is 0 Å². The highest BCUT2D eigenvalue weighted by molar-refractivity contribution is 5.86. The minimum absolute atomic E-state index is 0.0388. The molecule has 4 heterocycles. The van der Waals surface area contributed by atoms with Crippen molar-refractivity contribution in [2.45, 2.75) is 57.4 Å². The average Bonchev–Trinajstić information content (AvgIpc) is 3.38.